The maximum atomic E-state index is 13.1. The minimum Gasteiger partial charge on any atom is -0.493 e. The van der Waals surface area contributed by atoms with E-state index in [0.29, 0.717) is 35.8 Å². The highest BCUT2D eigenvalue weighted by Gasteiger charge is 2.47. The predicted octanol–water partition coefficient (Wildman–Crippen LogP) is 0.308. The predicted molar refractivity (Wildman–Crippen MR) is 133 cm³/mol. The summed E-state index contributed by atoms with van der Waals surface area (Å²) in [5, 5.41) is 11.5. The molecule has 0 unspecified atom stereocenters. The Balaban J connectivity index is 1.92. The van der Waals surface area contributed by atoms with Gasteiger partial charge in [0, 0.05) is 31.6 Å². The fourth-order valence-electron chi connectivity index (χ4n) is 4.85. The van der Waals surface area contributed by atoms with Gasteiger partial charge in [-0.1, -0.05) is 13.3 Å². The highest BCUT2D eigenvalue weighted by atomic mass is 32.2. The Bertz CT molecular complexity index is 1070. The summed E-state index contributed by atoms with van der Waals surface area (Å²) in [5.74, 6) is -1.56. The fourth-order valence-corrected chi connectivity index (χ4v) is 5.34. The van der Waals surface area contributed by atoms with Gasteiger partial charge in [-0.15, -0.1) is 0 Å². The Labute approximate surface area is 216 Å². The molecule has 0 aliphatic carbocycles. The van der Waals surface area contributed by atoms with Gasteiger partial charge in [0.05, 0.1) is 25.8 Å². The topological polar surface area (TPSA) is 170 Å². The van der Waals surface area contributed by atoms with Crippen LogP contribution in [0.4, 0.5) is 0 Å². The summed E-state index contributed by atoms with van der Waals surface area (Å²) in [6.07, 6.45) is 2.78. The molecule has 3 rings (SSSR count). The normalized spacial score (nSPS) is 21.2. The molecule has 0 spiro atoms. The van der Waals surface area contributed by atoms with Crippen LogP contribution in [0.2, 0.25) is 0 Å². The van der Waals surface area contributed by atoms with Gasteiger partial charge < -0.3 is 25.1 Å². The molecule has 13 nitrogen and oxygen atoms in total. The number of hydroxylamine groups is 2. The fraction of sp³-hybridized carbons (Fsp3) is 0.652. The maximum Gasteiger partial charge on any atom is 0.308 e. The van der Waals surface area contributed by atoms with Crippen LogP contribution in [0.3, 0.4) is 0 Å². The van der Waals surface area contributed by atoms with Crippen LogP contribution in [0.5, 0.6) is 17.2 Å². The van der Waals surface area contributed by atoms with E-state index in [9.17, 15) is 23.1 Å². The number of hydrogen-bond acceptors (Lipinski definition) is 10. The number of unbranched alkanes of at least 4 members (excludes halogenated alkanes) is 1. The second-order valence-electron chi connectivity index (χ2n) is 9.02. The quantitative estimate of drug-likeness (QED) is 0.217. The first-order chi connectivity index (χ1) is 17.6. The number of aliphatic carboxylic acids is 1. The third-order valence-electron chi connectivity index (χ3n) is 6.51. The first-order valence-electron chi connectivity index (χ1n) is 12.1. The standard InChI is InChI=1S/C23H36N4O9S/c1-4-5-8-27(36-13-24)20(28)12-26-11-16(15-9-18(33-2)22-19(10-15)34-14-35-22)21(23(29)30)17(26)6-7-25-37(3,31)32/h9-10,16-17,21,25H,4-8,11-14,24H2,1-3H3,(H,29,30)/t16-,17+,21-/m1/s1. The van der Waals surface area contributed by atoms with Crippen molar-refractivity contribution in [1.82, 2.24) is 14.7 Å². The summed E-state index contributed by atoms with van der Waals surface area (Å²) in [5.41, 5.74) is 6.16. The number of hydrogen-bond donors (Lipinski definition) is 3. The van der Waals surface area contributed by atoms with Crippen molar-refractivity contribution in [1.29, 1.82) is 0 Å². The number of nitrogens with two attached hydrogens (primary N) is 1. The third kappa shape index (κ3) is 7.23. The lowest BCUT2D eigenvalue weighted by atomic mass is 9.84. The highest BCUT2D eigenvalue weighted by Crippen LogP contribution is 2.47. The molecule has 1 aromatic rings. The molecule has 0 bridgehead atoms. The van der Waals surface area contributed by atoms with Gasteiger partial charge in [-0.05, 0) is 30.5 Å². The smallest absolute Gasteiger partial charge is 0.308 e. The summed E-state index contributed by atoms with van der Waals surface area (Å²) < 4.78 is 42.1. The lowest BCUT2D eigenvalue weighted by Crippen LogP contribution is -2.45. The third-order valence-corrected chi connectivity index (χ3v) is 7.24. The zero-order valence-electron chi connectivity index (χ0n) is 21.3. The molecule has 1 saturated heterocycles. The van der Waals surface area contributed by atoms with Gasteiger partial charge in [0.15, 0.2) is 11.5 Å². The number of methoxy groups -OCH3 is 1. The molecule has 14 heteroatoms. The van der Waals surface area contributed by atoms with E-state index in [2.05, 4.69) is 4.72 Å². The molecule has 3 atom stereocenters. The number of carbonyl (C=O) groups excluding carboxylic acids is 1. The second-order valence-corrected chi connectivity index (χ2v) is 10.9. The van der Waals surface area contributed by atoms with E-state index in [4.69, 9.17) is 24.8 Å². The van der Waals surface area contributed by atoms with Crippen molar-refractivity contribution in [2.24, 2.45) is 11.7 Å². The molecular weight excluding hydrogens is 508 g/mol. The average molecular weight is 545 g/mol. The Morgan fingerprint density at radius 3 is 2.70 bits per heavy atom. The summed E-state index contributed by atoms with van der Waals surface area (Å²) in [7, 11) is -2.00. The molecule has 0 saturated carbocycles. The van der Waals surface area contributed by atoms with Crippen molar-refractivity contribution in [2.45, 2.75) is 38.1 Å². The molecule has 208 valence electrons. The van der Waals surface area contributed by atoms with Crippen molar-refractivity contribution in [3.8, 4) is 17.2 Å². The first-order valence-corrected chi connectivity index (χ1v) is 14.0. The van der Waals surface area contributed by atoms with Crippen LogP contribution in [0.15, 0.2) is 12.1 Å². The molecule has 2 aliphatic heterocycles. The highest BCUT2D eigenvalue weighted by molar-refractivity contribution is 7.88. The minimum absolute atomic E-state index is 0.0218. The number of amides is 1. The molecule has 37 heavy (non-hydrogen) atoms. The zero-order valence-corrected chi connectivity index (χ0v) is 22.2. The van der Waals surface area contributed by atoms with Gasteiger partial charge in [-0.2, -0.15) is 0 Å². The average Bonchev–Trinajstić information content (AvgIpc) is 3.45. The number of carbonyl (C=O) groups is 2. The summed E-state index contributed by atoms with van der Waals surface area (Å²) >= 11 is 0. The van der Waals surface area contributed by atoms with Crippen LogP contribution < -0.4 is 24.7 Å². The Morgan fingerprint density at radius 1 is 1.32 bits per heavy atom. The van der Waals surface area contributed by atoms with Gasteiger partial charge in [0.2, 0.25) is 22.6 Å². The number of carboxylic acids is 1. The van der Waals surface area contributed by atoms with Gasteiger partial charge in [0.25, 0.3) is 5.91 Å². The molecule has 1 aromatic carbocycles. The van der Waals surface area contributed by atoms with Crippen LogP contribution in [-0.2, 0) is 24.4 Å². The summed E-state index contributed by atoms with van der Waals surface area (Å²) in [6.45, 7) is 2.33. The van der Waals surface area contributed by atoms with E-state index in [1.54, 1.807) is 17.0 Å². The number of fused-ring (bicyclic) bond motifs is 1. The van der Waals surface area contributed by atoms with Crippen LogP contribution in [0.25, 0.3) is 0 Å². The van der Waals surface area contributed by atoms with E-state index in [1.165, 1.54) is 12.2 Å². The van der Waals surface area contributed by atoms with Gasteiger partial charge in [-0.3, -0.25) is 19.3 Å². The molecule has 1 fully saturated rings. The number of rotatable bonds is 14. The molecular formula is C23H36N4O9S. The number of nitrogens with one attached hydrogen (secondary N) is 1. The number of ether oxygens (including phenoxy) is 3. The van der Waals surface area contributed by atoms with E-state index >= 15 is 0 Å². The lowest BCUT2D eigenvalue weighted by molar-refractivity contribution is -0.187. The number of sulfonamides is 1. The molecule has 0 aromatic heterocycles. The van der Waals surface area contributed by atoms with E-state index in [0.717, 1.165) is 12.7 Å². The molecule has 2 aliphatic rings. The van der Waals surface area contributed by atoms with Crippen LogP contribution in [0, 0.1) is 5.92 Å². The Kier molecular flexibility index (Phi) is 9.95. The van der Waals surface area contributed by atoms with Crippen LogP contribution in [0.1, 0.15) is 37.7 Å². The summed E-state index contributed by atoms with van der Waals surface area (Å²) in [6, 6.07) is 2.81. The number of likely N-dealkylation sites (tertiary alicyclic amines) is 1. The Hall–Kier alpha value is -2.65. The maximum absolute atomic E-state index is 13.1. The van der Waals surface area contributed by atoms with Crippen molar-refractivity contribution in [3.63, 3.8) is 0 Å². The number of benzene rings is 1. The zero-order chi connectivity index (χ0) is 27.2. The Morgan fingerprint density at radius 2 is 2.08 bits per heavy atom. The number of carboxylic acid groups (broad SMARTS) is 1. The van der Waals surface area contributed by atoms with Gasteiger partial charge in [0.1, 0.15) is 6.73 Å². The second kappa shape index (κ2) is 12.7. The van der Waals surface area contributed by atoms with E-state index < -0.39 is 33.9 Å². The van der Waals surface area contributed by atoms with Crippen LogP contribution >= 0.6 is 0 Å². The van der Waals surface area contributed by atoms with Crippen molar-refractivity contribution < 1.29 is 42.2 Å². The SMILES string of the molecule is CCCCN(OCN)C(=O)CN1C[C@H](c2cc(OC)c3c(c2)OCO3)[C@@H](C(=O)O)[C@@H]1CCNS(C)(=O)=O. The van der Waals surface area contributed by atoms with Crippen molar-refractivity contribution in [2.75, 3.05) is 53.1 Å². The van der Waals surface area contributed by atoms with Gasteiger partial charge in [-0.25, -0.2) is 18.2 Å². The lowest BCUT2D eigenvalue weighted by Gasteiger charge is -2.29. The van der Waals surface area contributed by atoms with Crippen molar-refractivity contribution >= 4 is 21.9 Å². The summed E-state index contributed by atoms with van der Waals surface area (Å²) in [4.78, 5) is 32.8. The number of nitrogens with zero attached hydrogens (tertiary/aromatic N) is 2. The van der Waals surface area contributed by atoms with E-state index in [-0.39, 0.29) is 45.5 Å². The molecule has 0 radical (unpaired) electrons. The molecule has 4 N–H and O–H groups in total. The molecule has 1 amide bonds. The largest absolute Gasteiger partial charge is 0.493 e. The van der Waals surface area contributed by atoms with E-state index in [1.807, 2.05) is 6.92 Å². The first kappa shape index (κ1) is 28.9. The molecule has 2 heterocycles. The monoisotopic (exact) mass is 544 g/mol. The van der Waals surface area contributed by atoms with Gasteiger partial charge >= 0.3 is 5.97 Å². The van der Waals surface area contributed by atoms with Crippen molar-refractivity contribution in [3.05, 3.63) is 17.7 Å². The van der Waals surface area contributed by atoms with Crippen LogP contribution in [-0.4, -0.2) is 94.5 Å². The minimum atomic E-state index is -3.48.